The van der Waals surface area contributed by atoms with E-state index in [1.165, 1.54) is 41.5 Å². The van der Waals surface area contributed by atoms with Crippen molar-refractivity contribution < 1.29 is 19.3 Å². The number of aliphatic hydroxyl groups excluding tert-OH is 1. The van der Waals surface area contributed by atoms with Crippen molar-refractivity contribution in [2.75, 3.05) is 26.1 Å². The number of rotatable bonds is 9. The largest absolute Gasteiger partial charge is 0.490 e. The van der Waals surface area contributed by atoms with E-state index in [1.54, 1.807) is 7.11 Å². The Hall–Kier alpha value is -3.02. The fourth-order valence-electron chi connectivity index (χ4n) is 5.77. The Bertz CT molecular complexity index is 1220. The normalized spacial score (nSPS) is 14.7. The molecule has 0 amide bonds. The van der Waals surface area contributed by atoms with Gasteiger partial charge in [0.1, 0.15) is 24.7 Å². The molecule has 0 spiro atoms. The van der Waals surface area contributed by atoms with Gasteiger partial charge in [0.15, 0.2) is 0 Å². The molecule has 2 aliphatic carbocycles. The first-order valence-corrected chi connectivity index (χ1v) is 13.2. The number of hydrogen-bond acceptors (Lipinski definition) is 5. The van der Waals surface area contributed by atoms with Crippen molar-refractivity contribution in [1.82, 2.24) is 0 Å². The fourth-order valence-corrected chi connectivity index (χ4v) is 5.77. The van der Waals surface area contributed by atoms with Gasteiger partial charge in [0, 0.05) is 29.5 Å². The van der Waals surface area contributed by atoms with E-state index in [0.29, 0.717) is 19.8 Å². The number of nitrogens with two attached hydrogens (primary N) is 1. The van der Waals surface area contributed by atoms with Gasteiger partial charge in [-0.3, -0.25) is 0 Å². The van der Waals surface area contributed by atoms with E-state index < -0.39 is 0 Å². The van der Waals surface area contributed by atoms with Crippen molar-refractivity contribution in [2.45, 2.75) is 64.6 Å². The second kappa shape index (κ2) is 11.4. The number of nitrogen functional groups attached to an aromatic ring is 1. The summed E-state index contributed by atoms with van der Waals surface area (Å²) in [6, 6.07) is 14.4. The lowest BCUT2D eigenvalue weighted by atomic mass is 9.79. The maximum Gasteiger partial charge on any atom is 0.133 e. The zero-order valence-corrected chi connectivity index (χ0v) is 21.3. The molecule has 0 radical (unpaired) electrons. The van der Waals surface area contributed by atoms with Gasteiger partial charge in [-0.15, -0.1) is 0 Å². The monoisotopic (exact) mass is 487 g/mol. The van der Waals surface area contributed by atoms with E-state index in [9.17, 15) is 5.11 Å². The van der Waals surface area contributed by atoms with Crippen LogP contribution in [0, 0.1) is 0 Å². The highest BCUT2D eigenvalue weighted by atomic mass is 16.5. The molecule has 0 heterocycles. The number of aliphatic hydroxyl groups is 1. The second-order valence-electron chi connectivity index (χ2n) is 9.90. The van der Waals surface area contributed by atoms with Crippen LogP contribution in [0.15, 0.2) is 42.5 Å². The van der Waals surface area contributed by atoms with Gasteiger partial charge >= 0.3 is 0 Å². The molecule has 0 saturated carbocycles. The Morgan fingerprint density at radius 1 is 0.806 bits per heavy atom. The molecule has 3 N–H and O–H groups in total. The number of fused-ring (bicyclic) bond motifs is 2. The lowest BCUT2D eigenvalue weighted by Crippen LogP contribution is -2.14. The number of aryl methyl sites for hydroxylation is 2. The van der Waals surface area contributed by atoms with Gasteiger partial charge < -0.3 is 25.1 Å². The Morgan fingerprint density at radius 3 is 2.31 bits per heavy atom. The number of hydrogen-bond donors (Lipinski definition) is 2. The van der Waals surface area contributed by atoms with Crippen molar-refractivity contribution in [3.05, 3.63) is 75.8 Å². The van der Waals surface area contributed by atoms with Crippen molar-refractivity contribution in [3.63, 3.8) is 0 Å². The van der Waals surface area contributed by atoms with Crippen molar-refractivity contribution in [3.8, 4) is 22.6 Å². The van der Waals surface area contributed by atoms with E-state index in [1.807, 2.05) is 24.3 Å². The Kier molecular flexibility index (Phi) is 7.78. The van der Waals surface area contributed by atoms with Crippen LogP contribution in [0.4, 0.5) is 5.69 Å². The molecule has 3 aromatic rings. The molecule has 3 aromatic carbocycles. The minimum absolute atomic E-state index is 0.0584. The first kappa shape index (κ1) is 24.7. The van der Waals surface area contributed by atoms with E-state index in [2.05, 4.69) is 18.2 Å². The average Bonchev–Trinajstić information content (AvgIpc) is 2.91. The highest BCUT2D eigenvalue weighted by Gasteiger charge is 2.28. The van der Waals surface area contributed by atoms with E-state index in [4.69, 9.17) is 19.9 Å². The van der Waals surface area contributed by atoms with Crippen LogP contribution in [0.2, 0.25) is 0 Å². The van der Waals surface area contributed by atoms with Crippen LogP contribution in [-0.2, 0) is 43.6 Å². The molecule has 0 bridgehead atoms. The van der Waals surface area contributed by atoms with Crippen LogP contribution in [0.5, 0.6) is 11.5 Å². The van der Waals surface area contributed by atoms with Crippen LogP contribution >= 0.6 is 0 Å². The molecule has 0 aliphatic heterocycles. The molecule has 190 valence electrons. The van der Waals surface area contributed by atoms with Gasteiger partial charge in [-0.05, 0) is 103 Å². The number of methoxy groups -OCH3 is 1. The first-order valence-electron chi connectivity index (χ1n) is 13.2. The highest BCUT2D eigenvalue weighted by molar-refractivity contribution is 5.85. The summed E-state index contributed by atoms with van der Waals surface area (Å²) in [6.45, 7) is 1.31. The van der Waals surface area contributed by atoms with Gasteiger partial charge in [-0.2, -0.15) is 0 Å². The summed E-state index contributed by atoms with van der Waals surface area (Å²) in [6.07, 6.45) is 8.85. The molecule has 0 aromatic heterocycles. The Balaban J connectivity index is 1.68. The average molecular weight is 488 g/mol. The van der Waals surface area contributed by atoms with Gasteiger partial charge in [0.2, 0.25) is 0 Å². The lowest BCUT2D eigenvalue weighted by Gasteiger charge is -2.29. The molecular weight excluding hydrogens is 450 g/mol. The van der Waals surface area contributed by atoms with E-state index in [0.717, 1.165) is 71.5 Å². The maximum absolute atomic E-state index is 10.4. The molecule has 5 rings (SSSR count). The predicted octanol–water partition coefficient (Wildman–Crippen LogP) is 5.79. The zero-order valence-electron chi connectivity index (χ0n) is 21.3. The summed E-state index contributed by atoms with van der Waals surface area (Å²) >= 11 is 0. The minimum atomic E-state index is -0.0584. The molecule has 2 aliphatic rings. The minimum Gasteiger partial charge on any atom is -0.490 e. The Morgan fingerprint density at radius 2 is 1.56 bits per heavy atom. The van der Waals surface area contributed by atoms with Crippen molar-refractivity contribution in [2.24, 2.45) is 0 Å². The van der Waals surface area contributed by atoms with Gasteiger partial charge in [0.25, 0.3) is 0 Å². The molecule has 0 atom stereocenters. The molecule has 0 fully saturated rings. The third kappa shape index (κ3) is 5.09. The molecule has 5 heteroatoms. The van der Waals surface area contributed by atoms with Gasteiger partial charge in [0.05, 0.1) is 13.2 Å². The summed E-state index contributed by atoms with van der Waals surface area (Å²) in [7, 11) is 1.68. The van der Waals surface area contributed by atoms with Crippen LogP contribution in [0.3, 0.4) is 0 Å². The quantitative estimate of drug-likeness (QED) is 0.295. The standard InChI is InChI=1S/C31H37NO4/c1-34-15-16-35-31-24(19-33)18-23-9-3-5-12-27(23)30(31)29-26-11-4-2-8-22(26)13-14-28(29)36-20-21-7-6-10-25(32)17-21/h6-7,10,13-14,17-18,33H,2-5,8-9,11-12,15-16,19-20,32H2,1H3. The predicted molar refractivity (Wildman–Crippen MR) is 144 cm³/mol. The summed E-state index contributed by atoms with van der Waals surface area (Å²) in [4.78, 5) is 0. The maximum atomic E-state index is 10.4. The second-order valence-corrected chi connectivity index (χ2v) is 9.90. The van der Waals surface area contributed by atoms with Gasteiger partial charge in [-0.1, -0.05) is 18.2 Å². The smallest absolute Gasteiger partial charge is 0.133 e. The van der Waals surface area contributed by atoms with Crippen LogP contribution in [0.25, 0.3) is 11.1 Å². The van der Waals surface area contributed by atoms with Crippen molar-refractivity contribution in [1.29, 1.82) is 0 Å². The molecule has 0 saturated heterocycles. The molecule has 0 unspecified atom stereocenters. The number of anilines is 1. The third-order valence-electron chi connectivity index (χ3n) is 7.47. The number of benzene rings is 3. The molecular formula is C31H37NO4. The molecule has 36 heavy (non-hydrogen) atoms. The third-order valence-corrected chi connectivity index (χ3v) is 7.47. The summed E-state index contributed by atoms with van der Waals surface area (Å²) in [5.41, 5.74) is 16.4. The highest BCUT2D eigenvalue weighted by Crippen LogP contribution is 2.48. The van der Waals surface area contributed by atoms with Crippen LogP contribution < -0.4 is 15.2 Å². The van der Waals surface area contributed by atoms with E-state index >= 15 is 0 Å². The summed E-state index contributed by atoms with van der Waals surface area (Å²) in [5.74, 6) is 1.65. The van der Waals surface area contributed by atoms with Crippen LogP contribution in [-0.4, -0.2) is 25.4 Å². The first-order chi connectivity index (χ1) is 17.7. The fraction of sp³-hybridized carbons (Fsp3) is 0.419. The SMILES string of the molecule is COCCOc1c(CO)cc2c(c1-c1c(OCc3cccc(N)c3)ccc3c1CCCC3)CCCC2. The van der Waals surface area contributed by atoms with Gasteiger partial charge in [-0.25, -0.2) is 0 Å². The topological polar surface area (TPSA) is 73.9 Å². The zero-order chi connectivity index (χ0) is 24.9. The number of ether oxygens (including phenoxy) is 3. The molecule has 5 nitrogen and oxygen atoms in total. The van der Waals surface area contributed by atoms with Crippen LogP contribution in [0.1, 0.15) is 59.1 Å². The lowest BCUT2D eigenvalue weighted by molar-refractivity contribution is 0.144. The van der Waals surface area contributed by atoms with Crippen molar-refractivity contribution >= 4 is 5.69 Å². The summed E-state index contributed by atoms with van der Waals surface area (Å²) < 4.78 is 18.2. The Labute approximate surface area is 214 Å². The summed E-state index contributed by atoms with van der Waals surface area (Å²) in [5, 5.41) is 10.4. The van der Waals surface area contributed by atoms with E-state index in [-0.39, 0.29) is 6.61 Å².